The Bertz CT molecular complexity index is 563. The van der Waals surface area contributed by atoms with Gasteiger partial charge in [0.2, 0.25) is 17.8 Å². The lowest BCUT2D eigenvalue weighted by atomic mass is 10.0. The quantitative estimate of drug-likeness (QED) is 0.237. The fourth-order valence-electron chi connectivity index (χ4n) is 1.48. The topological polar surface area (TPSA) is 167 Å². The summed E-state index contributed by atoms with van der Waals surface area (Å²) in [4.78, 5) is 16.0. The number of anilines is 2. The molecule has 2 heterocycles. The first-order valence-corrected chi connectivity index (χ1v) is 5.98. The van der Waals surface area contributed by atoms with Gasteiger partial charge in [0, 0.05) is 12.4 Å². The number of nitrogen functional groups attached to an aromatic ring is 1. The van der Waals surface area contributed by atoms with E-state index >= 15 is 0 Å². The molecule has 2 aromatic heterocycles. The van der Waals surface area contributed by atoms with E-state index < -0.39 is 25.4 Å². The minimum Gasteiger partial charge on any atom is -0.394 e. The highest BCUT2D eigenvalue weighted by Gasteiger charge is 2.29. The van der Waals surface area contributed by atoms with E-state index in [1.54, 1.807) is 12.4 Å². The van der Waals surface area contributed by atoms with Crippen LogP contribution in [0.5, 0.6) is 0 Å². The SMILES string of the molecule is NNc1nc(NC(CO)(CO)CO)nc(-n2ccnc2)n1. The van der Waals surface area contributed by atoms with Crippen molar-refractivity contribution in [2.75, 3.05) is 30.6 Å². The molecule has 2 rings (SSSR count). The third-order valence-corrected chi connectivity index (χ3v) is 2.77. The molecule has 0 saturated carbocycles. The van der Waals surface area contributed by atoms with Crippen LogP contribution >= 0.6 is 0 Å². The molecule has 2 aromatic rings. The Morgan fingerprint density at radius 1 is 1.10 bits per heavy atom. The standard InChI is InChI=1S/C10H16N8O3/c11-17-8-13-7(16-10(3-19,4-20)5-21)14-9(15-8)18-2-1-12-6-18/h1-2,6,19-21H,3-5,11H2,(H2,13,14,15,16,17). The molecule has 0 aliphatic heterocycles. The van der Waals surface area contributed by atoms with E-state index in [4.69, 9.17) is 5.84 Å². The average Bonchev–Trinajstić information content (AvgIpc) is 3.07. The zero-order chi connectivity index (χ0) is 15.3. The molecule has 0 aromatic carbocycles. The second kappa shape index (κ2) is 6.41. The minimum absolute atomic E-state index is 0.0267. The van der Waals surface area contributed by atoms with E-state index in [1.165, 1.54) is 10.9 Å². The third kappa shape index (κ3) is 3.22. The second-order valence-electron chi connectivity index (χ2n) is 4.28. The van der Waals surface area contributed by atoms with Crippen LogP contribution in [-0.4, -0.2) is 65.2 Å². The Morgan fingerprint density at radius 2 is 1.76 bits per heavy atom. The van der Waals surface area contributed by atoms with Crippen molar-refractivity contribution in [2.24, 2.45) is 5.84 Å². The number of nitrogens with two attached hydrogens (primary N) is 1. The molecule has 0 fully saturated rings. The largest absolute Gasteiger partial charge is 0.394 e. The van der Waals surface area contributed by atoms with Gasteiger partial charge in [-0.15, -0.1) is 0 Å². The van der Waals surface area contributed by atoms with Crippen LogP contribution in [0.3, 0.4) is 0 Å². The van der Waals surface area contributed by atoms with Crippen LogP contribution in [0.1, 0.15) is 0 Å². The molecule has 0 bridgehead atoms. The summed E-state index contributed by atoms with van der Waals surface area (Å²) in [6.07, 6.45) is 4.65. The van der Waals surface area contributed by atoms with Gasteiger partial charge >= 0.3 is 0 Å². The molecule has 0 aliphatic rings. The number of nitrogens with zero attached hydrogens (tertiary/aromatic N) is 5. The summed E-state index contributed by atoms with van der Waals surface area (Å²) in [5.74, 6) is 5.62. The van der Waals surface area contributed by atoms with E-state index in [0.29, 0.717) is 0 Å². The van der Waals surface area contributed by atoms with Crippen molar-refractivity contribution in [1.82, 2.24) is 24.5 Å². The number of hydrazine groups is 1. The number of nitrogens with one attached hydrogen (secondary N) is 2. The maximum absolute atomic E-state index is 9.31. The number of imidazole rings is 1. The zero-order valence-corrected chi connectivity index (χ0v) is 11.0. The van der Waals surface area contributed by atoms with Crippen LogP contribution in [0.15, 0.2) is 18.7 Å². The van der Waals surface area contributed by atoms with Crippen molar-refractivity contribution in [2.45, 2.75) is 5.54 Å². The molecule has 114 valence electrons. The fourth-order valence-corrected chi connectivity index (χ4v) is 1.48. The molecule has 0 amide bonds. The van der Waals surface area contributed by atoms with Crippen molar-refractivity contribution in [3.8, 4) is 5.95 Å². The molecule has 0 unspecified atom stereocenters. The van der Waals surface area contributed by atoms with Crippen molar-refractivity contribution in [3.05, 3.63) is 18.7 Å². The fraction of sp³-hybridized carbons (Fsp3) is 0.400. The van der Waals surface area contributed by atoms with Gasteiger partial charge < -0.3 is 20.6 Å². The molecule has 0 radical (unpaired) electrons. The van der Waals surface area contributed by atoms with Crippen LogP contribution in [0.2, 0.25) is 0 Å². The predicted octanol–water partition coefficient (Wildman–Crippen LogP) is -2.53. The van der Waals surface area contributed by atoms with Gasteiger partial charge in [-0.25, -0.2) is 10.8 Å². The Hall–Kier alpha value is -2.34. The van der Waals surface area contributed by atoms with E-state index in [0.717, 1.165) is 0 Å². The normalized spacial score (nSPS) is 11.4. The maximum Gasteiger partial charge on any atom is 0.243 e. The molecule has 0 saturated heterocycles. The van der Waals surface area contributed by atoms with Gasteiger partial charge in [0.05, 0.1) is 19.8 Å². The van der Waals surface area contributed by atoms with Crippen LogP contribution in [-0.2, 0) is 0 Å². The number of aliphatic hydroxyl groups excluding tert-OH is 3. The van der Waals surface area contributed by atoms with Gasteiger partial charge in [-0.2, -0.15) is 15.0 Å². The number of aromatic nitrogens is 5. The van der Waals surface area contributed by atoms with E-state index in [9.17, 15) is 15.3 Å². The molecule has 0 aliphatic carbocycles. The first-order chi connectivity index (χ1) is 10.2. The average molecular weight is 296 g/mol. The minimum atomic E-state index is -1.36. The maximum atomic E-state index is 9.31. The molecule has 11 heteroatoms. The molecule has 11 nitrogen and oxygen atoms in total. The van der Waals surface area contributed by atoms with E-state index in [-0.39, 0.29) is 17.8 Å². The highest BCUT2D eigenvalue weighted by atomic mass is 16.3. The summed E-state index contributed by atoms with van der Waals surface area (Å²) < 4.78 is 1.52. The lowest BCUT2D eigenvalue weighted by Gasteiger charge is -2.28. The van der Waals surface area contributed by atoms with Crippen molar-refractivity contribution in [3.63, 3.8) is 0 Å². The predicted molar refractivity (Wildman–Crippen MR) is 72.4 cm³/mol. The van der Waals surface area contributed by atoms with Gasteiger partial charge in [0.15, 0.2) is 0 Å². The number of rotatable bonds is 7. The van der Waals surface area contributed by atoms with Gasteiger partial charge in [-0.05, 0) is 0 Å². The summed E-state index contributed by atoms with van der Waals surface area (Å²) >= 11 is 0. The lowest BCUT2D eigenvalue weighted by Crippen LogP contribution is -2.49. The summed E-state index contributed by atoms with van der Waals surface area (Å²) in [7, 11) is 0. The zero-order valence-electron chi connectivity index (χ0n) is 11.0. The van der Waals surface area contributed by atoms with Crippen LogP contribution in [0, 0.1) is 0 Å². The highest BCUT2D eigenvalue weighted by Crippen LogP contribution is 2.14. The lowest BCUT2D eigenvalue weighted by molar-refractivity contribution is 0.0828. The van der Waals surface area contributed by atoms with Crippen LogP contribution in [0.4, 0.5) is 11.9 Å². The summed E-state index contributed by atoms with van der Waals surface area (Å²) in [6, 6.07) is 0. The van der Waals surface area contributed by atoms with Crippen molar-refractivity contribution >= 4 is 11.9 Å². The molecule has 21 heavy (non-hydrogen) atoms. The van der Waals surface area contributed by atoms with Gasteiger partial charge in [-0.3, -0.25) is 9.99 Å². The molecule has 0 spiro atoms. The van der Waals surface area contributed by atoms with E-state index in [2.05, 4.69) is 30.7 Å². The Kier molecular flexibility index (Phi) is 4.59. The highest BCUT2D eigenvalue weighted by molar-refractivity contribution is 5.39. The van der Waals surface area contributed by atoms with Crippen LogP contribution in [0.25, 0.3) is 5.95 Å². The van der Waals surface area contributed by atoms with Crippen LogP contribution < -0.4 is 16.6 Å². The molecular formula is C10H16N8O3. The van der Waals surface area contributed by atoms with Gasteiger partial charge in [-0.1, -0.05) is 0 Å². The molecule has 7 N–H and O–H groups in total. The van der Waals surface area contributed by atoms with E-state index in [1.807, 2.05) is 0 Å². The Labute approximate surface area is 119 Å². The third-order valence-electron chi connectivity index (χ3n) is 2.77. The first kappa shape index (κ1) is 15.1. The summed E-state index contributed by atoms with van der Waals surface area (Å²) in [5.41, 5.74) is 0.924. The number of aliphatic hydroxyl groups is 3. The Balaban J connectivity index is 2.37. The second-order valence-corrected chi connectivity index (χ2v) is 4.28. The summed E-state index contributed by atoms with van der Waals surface area (Å²) in [6.45, 7) is -1.55. The monoisotopic (exact) mass is 296 g/mol. The van der Waals surface area contributed by atoms with Gasteiger partial charge in [0.1, 0.15) is 11.9 Å². The number of hydrogen-bond acceptors (Lipinski definition) is 10. The smallest absolute Gasteiger partial charge is 0.243 e. The summed E-state index contributed by atoms with van der Waals surface area (Å²) in [5, 5.41) is 30.6. The van der Waals surface area contributed by atoms with Crippen molar-refractivity contribution < 1.29 is 15.3 Å². The van der Waals surface area contributed by atoms with Crippen molar-refractivity contribution in [1.29, 1.82) is 0 Å². The molecule has 0 atom stereocenters. The molecular weight excluding hydrogens is 280 g/mol. The first-order valence-electron chi connectivity index (χ1n) is 5.98. The number of hydrogen-bond donors (Lipinski definition) is 6. The van der Waals surface area contributed by atoms with Gasteiger partial charge in [0.25, 0.3) is 0 Å². The Morgan fingerprint density at radius 3 is 2.29 bits per heavy atom.